The Bertz CT molecular complexity index is 688. The third-order valence-corrected chi connectivity index (χ3v) is 4.47. The van der Waals surface area contributed by atoms with E-state index >= 15 is 0 Å². The number of amides is 1. The molecular weight excluding hydrogens is 372 g/mol. The van der Waals surface area contributed by atoms with Crippen molar-refractivity contribution in [1.82, 2.24) is 9.88 Å². The first kappa shape index (κ1) is 16.8. The number of carbonyl (C=O) groups is 1. The molecule has 1 aromatic heterocycles. The number of aromatic nitrogens is 1. The number of hydrogen-bond donors (Lipinski definition) is 0. The number of halogens is 1. The van der Waals surface area contributed by atoms with Crippen molar-refractivity contribution < 1.29 is 14.3 Å². The number of likely N-dealkylation sites (tertiary alicyclic amines) is 1. The molecule has 1 unspecified atom stereocenters. The zero-order valence-electron chi connectivity index (χ0n) is 13.4. The molecule has 24 heavy (non-hydrogen) atoms. The van der Waals surface area contributed by atoms with Gasteiger partial charge in [-0.1, -0.05) is 12.1 Å². The van der Waals surface area contributed by atoms with Crippen molar-refractivity contribution in [2.45, 2.75) is 18.9 Å². The Morgan fingerprint density at radius 3 is 2.75 bits per heavy atom. The number of ether oxygens (including phenoxy) is 2. The Hall–Kier alpha value is -2.08. The summed E-state index contributed by atoms with van der Waals surface area (Å²) in [7, 11) is 1.63. The normalized spacial score (nSPS) is 16.9. The van der Waals surface area contributed by atoms with Gasteiger partial charge in [0.15, 0.2) is 0 Å². The SMILES string of the molecule is COc1ccc(CC(=O)N2CCC(Oc3ccc(Br)cn3)C2)cc1. The summed E-state index contributed by atoms with van der Waals surface area (Å²) in [5.74, 6) is 1.51. The topological polar surface area (TPSA) is 51.7 Å². The average Bonchev–Trinajstić information content (AvgIpc) is 3.06. The Kier molecular flexibility index (Phi) is 5.35. The summed E-state index contributed by atoms with van der Waals surface area (Å²) in [6.07, 6.45) is 2.93. The molecule has 2 heterocycles. The van der Waals surface area contributed by atoms with Gasteiger partial charge in [0.05, 0.1) is 20.1 Å². The Labute approximate surface area is 149 Å². The van der Waals surface area contributed by atoms with Gasteiger partial charge in [0.25, 0.3) is 0 Å². The maximum atomic E-state index is 12.4. The maximum Gasteiger partial charge on any atom is 0.227 e. The van der Waals surface area contributed by atoms with Crippen LogP contribution in [0.1, 0.15) is 12.0 Å². The van der Waals surface area contributed by atoms with E-state index in [1.165, 1.54) is 0 Å². The fraction of sp³-hybridized carbons (Fsp3) is 0.333. The lowest BCUT2D eigenvalue weighted by Crippen LogP contribution is -2.32. The van der Waals surface area contributed by atoms with Crippen molar-refractivity contribution in [3.05, 3.63) is 52.6 Å². The minimum atomic E-state index is -0.00140. The molecular formula is C18H19BrN2O3. The summed E-state index contributed by atoms with van der Waals surface area (Å²) in [6, 6.07) is 11.3. The minimum Gasteiger partial charge on any atom is -0.497 e. The molecule has 3 rings (SSSR count). The van der Waals surface area contributed by atoms with Crippen LogP contribution in [0.4, 0.5) is 0 Å². The van der Waals surface area contributed by atoms with Crippen LogP contribution in [0.3, 0.4) is 0 Å². The summed E-state index contributed by atoms with van der Waals surface area (Å²) in [5, 5.41) is 0. The molecule has 5 nitrogen and oxygen atoms in total. The summed E-state index contributed by atoms with van der Waals surface area (Å²) in [4.78, 5) is 18.5. The molecule has 0 spiro atoms. The number of carbonyl (C=O) groups excluding carboxylic acids is 1. The Morgan fingerprint density at radius 2 is 2.08 bits per heavy atom. The van der Waals surface area contributed by atoms with E-state index in [4.69, 9.17) is 9.47 Å². The van der Waals surface area contributed by atoms with Crippen molar-refractivity contribution in [3.8, 4) is 11.6 Å². The van der Waals surface area contributed by atoms with Crippen molar-refractivity contribution in [1.29, 1.82) is 0 Å². The molecule has 0 saturated carbocycles. The smallest absolute Gasteiger partial charge is 0.227 e. The van der Waals surface area contributed by atoms with E-state index in [1.54, 1.807) is 13.3 Å². The van der Waals surface area contributed by atoms with Gasteiger partial charge in [-0.3, -0.25) is 4.79 Å². The summed E-state index contributed by atoms with van der Waals surface area (Å²) < 4.78 is 11.9. The number of benzene rings is 1. The predicted molar refractivity (Wildman–Crippen MR) is 94.2 cm³/mol. The molecule has 1 amide bonds. The van der Waals surface area contributed by atoms with E-state index < -0.39 is 0 Å². The molecule has 0 radical (unpaired) electrons. The highest BCUT2D eigenvalue weighted by atomic mass is 79.9. The van der Waals surface area contributed by atoms with Gasteiger partial charge in [0.1, 0.15) is 11.9 Å². The quantitative estimate of drug-likeness (QED) is 0.786. The second kappa shape index (κ2) is 7.66. The molecule has 1 atom stereocenters. The van der Waals surface area contributed by atoms with Crippen LogP contribution < -0.4 is 9.47 Å². The zero-order valence-corrected chi connectivity index (χ0v) is 15.0. The second-order valence-electron chi connectivity index (χ2n) is 5.71. The lowest BCUT2D eigenvalue weighted by molar-refractivity contribution is -0.129. The van der Waals surface area contributed by atoms with Crippen LogP contribution in [-0.2, 0) is 11.2 Å². The third-order valence-electron chi connectivity index (χ3n) is 4.00. The standard InChI is InChI=1S/C18H19BrN2O3/c1-23-15-5-2-13(3-6-15)10-18(22)21-9-8-16(12-21)24-17-7-4-14(19)11-20-17/h2-7,11,16H,8-10,12H2,1H3. The molecule has 0 aliphatic carbocycles. The van der Waals surface area contributed by atoms with E-state index in [0.717, 1.165) is 28.8 Å². The molecule has 2 aromatic rings. The van der Waals surface area contributed by atoms with Gasteiger partial charge >= 0.3 is 0 Å². The molecule has 1 fully saturated rings. The van der Waals surface area contributed by atoms with Crippen molar-refractivity contribution in [2.75, 3.05) is 20.2 Å². The van der Waals surface area contributed by atoms with Gasteiger partial charge in [-0.05, 0) is 39.7 Å². The van der Waals surface area contributed by atoms with Crippen molar-refractivity contribution in [3.63, 3.8) is 0 Å². The van der Waals surface area contributed by atoms with Crippen LogP contribution in [-0.4, -0.2) is 42.1 Å². The van der Waals surface area contributed by atoms with Crippen LogP contribution in [0, 0.1) is 0 Å². The first-order valence-corrected chi connectivity index (χ1v) is 8.62. The highest BCUT2D eigenvalue weighted by molar-refractivity contribution is 9.10. The number of methoxy groups -OCH3 is 1. The second-order valence-corrected chi connectivity index (χ2v) is 6.62. The van der Waals surface area contributed by atoms with E-state index in [9.17, 15) is 4.79 Å². The van der Waals surface area contributed by atoms with Crippen LogP contribution >= 0.6 is 15.9 Å². The first-order chi connectivity index (χ1) is 11.6. The zero-order chi connectivity index (χ0) is 16.9. The van der Waals surface area contributed by atoms with E-state index in [2.05, 4.69) is 20.9 Å². The molecule has 0 N–H and O–H groups in total. The number of pyridine rings is 1. The van der Waals surface area contributed by atoms with Gasteiger partial charge in [-0.25, -0.2) is 4.98 Å². The minimum absolute atomic E-state index is 0.00140. The molecule has 1 aliphatic rings. The fourth-order valence-electron chi connectivity index (χ4n) is 2.68. The average molecular weight is 391 g/mol. The summed E-state index contributed by atoms with van der Waals surface area (Å²) in [5.41, 5.74) is 0.986. The van der Waals surface area contributed by atoms with E-state index in [0.29, 0.717) is 18.8 Å². The molecule has 1 saturated heterocycles. The third kappa shape index (κ3) is 4.26. The summed E-state index contributed by atoms with van der Waals surface area (Å²) in [6.45, 7) is 1.32. The fourth-order valence-corrected chi connectivity index (χ4v) is 2.92. The van der Waals surface area contributed by atoms with Crippen molar-refractivity contribution >= 4 is 21.8 Å². The monoisotopic (exact) mass is 390 g/mol. The Morgan fingerprint density at radius 1 is 1.29 bits per heavy atom. The van der Waals surface area contributed by atoms with Crippen molar-refractivity contribution in [2.24, 2.45) is 0 Å². The summed E-state index contributed by atoms with van der Waals surface area (Å²) >= 11 is 3.35. The number of rotatable bonds is 5. The molecule has 1 aliphatic heterocycles. The largest absolute Gasteiger partial charge is 0.497 e. The van der Waals surface area contributed by atoms with Gasteiger partial charge in [-0.2, -0.15) is 0 Å². The maximum absolute atomic E-state index is 12.4. The van der Waals surface area contributed by atoms with Gasteiger partial charge in [0.2, 0.25) is 11.8 Å². The van der Waals surface area contributed by atoms with E-state index in [1.807, 2.05) is 41.3 Å². The Balaban J connectivity index is 1.52. The van der Waals surface area contributed by atoms with Crippen LogP contribution in [0.15, 0.2) is 47.1 Å². The van der Waals surface area contributed by atoms with Gasteiger partial charge in [0, 0.05) is 29.7 Å². The van der Waals surface area contributed by atoms with Gasteiger partial charge in [-0.15, -0.1) is 0 Å². The van der Waals surface area contributed by atoms with Crippen LogP contribution in [0.25, 0.3) is 0 Å². The molecule has 1 aromatic carbocycles. The lowest BCUT2D eigenvalue weighted by atomic mass is 10.1. The first-order valence-electron chi connectivity index (χ1n) is 7.83. The van der Waals surface area contributed by atoms with Crippen LogP contribution in [0.2, 0.25) is 0 Å². The molecule has 6 heteroatoms. The van der Waals surface area contributed by atoms with Crippen LogP contribution in [0.5, 0.6) is 11.6 Å². The van der Waals surface area contributed by atoms with Gasteiger partial charge < -0.3 is 14.4 Å². The highest BCUT2D eigenvalue weighted by Crippen LogP contribution is 2.19. The molecule has 126 valence electrons. The highest BCUT2D eigenvalue weighted by Gasteiger charge is 2.27. The lowest BCUT2D eigenvalue weighted by Gasteiger charge is -2.17. The van der Waals surface area contributed by atoms with E-state index in [-0.39, 0.29) is 12.0 Å². The predicted octanol–water partition coefficient (Wildman–Crippen LogP) is 3.08. The number of nitrogens with zero attached hydrogens (tertiary/aromatic N) is 2. The number of hydrogen-bond acceptors (Lipinski definition) is 4. The molecule has 0 bridgehead atoms.